The summed E-state index contributed by atoms with van der Waals surface area (Å²) in [4.78, 5) is 32.2. The van der Waals surface area contributed by atoms with Crippen molar-refractivity contribution in [2.24, 2.45) is 5.92 Å². The molecule has 0 radical (unpaired) electrons. The van der Waals surface area contributed by atoms with Gasteiger partial charge in [-0.3, -0.25) is 14.6 Å². The van der Waals surface area contributed by atoms with Gasteiger partial charge in [-0.15, -0.1) is 0 Å². The van der Waals surface area contributed by atoms with E-state index in [2.05, 4.69) is 18.8 Å². The Morgan fingerprint density at radius 2 is 1.81 bits per heavy atom. The van der Waals surface area contributed by atoms with Crippen molar-refractivity contribution in [3.05, 3.63) is 94.8 Å². The van der Waals surface area contributed by atoms with Crippen LogP contribution in [0.4, 0.5) is 0 Å². The van der Waals surface area contributed by atoms with Gasteiger partial charge in [0.1, 0.15) is 17.3 Å². The van der Waals surface area contributed by atoms with Gasteiger partial charge in [0.25, 0.3) is 11.7 Å². The first-order chi connectivity index (χ1) is 17.3. The summed E-state index contributed by atoms with van der Waals surface area (Å²) >= 11 is 0. The number of aliphatic hydroxyl groups is 1. The molecule has 7 heteroatoms. The Labute approximate surface area is 211 Å². The molecule has 1 aliphatic heterocycles. The molecule has 1 unspecified atom stereocenters. The van der Waals surface area contributed by atoms with Crippen LogP contribution in [0, 0.1) is 12.8 Å². The Balaban J connectivity index is 1.85. The first kappa shape index (κ1) is 25.0. The first-order valence-electron chi connectivity index (χ1n) is 11.8. The van der Waals surface area contributed by atoms with E-state index in [4.69, 9.17) is 9.47 Å². The normalized spacial score (nSPS) is 17.0. The highest BCUT2D eigenvalue weighted by atomic mass is 16.5. The zero-order valence-electron chi connectivity index (χ0n) is 20.9. The van der Waals surface area contributed by atoms with Crippen molar-refractivity contribution >= 4 is 17.4 Å². The van der Waals surface area contributed by atoms with Crippen LogP contribution in [-0.4, -0.2) is 40.4 Å². The number of amides is 1. The zero-order chi connectivity index (χ0) is 25.8. The highest BCUT2D eigenvalue weighted by molar-refractivity contribution is 6.46. The Bertz CT molecular complexity index is 1300. The molecule has 4 rings (SSSR count). The number of rotatable bonds is 8. The molecule has 0 bridgehead atoms. The van der Waals surface area contributed by atoms with Crippen LogP contribution in [0.3, 0.4) is 0 Å². The lowest BCUT2D eigenvalue weighted by Gasteiger charge is -2.26. The SMILES string of the molecule is COc1ccc(/C(O)=C2\C(=O)C(=O)N(Cc3ccncc3)C2c2cccc(OCC(C)C)c2)c(C)c1. The first-order valence-corrected chi connectivity index (χ1v) is 11.8. The monoisotopic (exact) mass is 486 g/mol. The molecule has 1 atom stereocenters. The van der Waals surface area contributed by atoms with Crippen molar-refractivity contribution in [2.45, 2.75) is 33.4 Å². The van der Waals surface area contributed by atoms with Crippen LogP contribution in [0.5, 0.6) is 11.5 Å². The fourth-order valence-electron chi connectivity index (χ4n) is 4.29. The molecule has 1 saturated heterocycles. The van der Waals surface area contributed by atoms with Crippen molar-refractivity contribution in [1.82, 2.24) is 9.88 Å². The van der Waals surface area contributed by atoms with Crippen LogP contribution in [0.1, 0.15) is 42.1 Å². The van der Waals surface area contributed by atoms with Crippen LogP contribution in [0.15, 0.2) is 72.6 Å². The summed E-state index contributed by atoms with van der Waals surface area (Å²) in [5.41, 5.74) is 2.74. The summed E-state index contributed by atoms with van der Waals surface area (Å²) < 4.78 is 11.2. The summed E-state index contributed by atoms with van der Waals surface area (Å²) in [6.45, 7) is 6.66. The van der Waals surface area contributed by atoms with Crippen molar-refractivity contribution in [1.29, 1.82) is 0 Å². The number of Topliss-reactive ketones (excluding diaryl/α,β-unsaturated/α-hetero) is 1. The quantitative estimate of drug-likeness (QED) is 0.272. The minimum Gasteiger partial charge on any atom is -0.507 e. The lowest BCUT2D eigenvalue weighted by molar-refractivity contribution is -0.140. The predicted molar refractivity (Wildman–Crippen MR) is 137 cm³/mol. The number of hydrogen-bond acceptors (Lipinski definition) is 6. The molecule has 2 aromatic carbocycles. The van der Waals surface area contributed by atoms with Crippen molar-refractivity contribution < 1.29 is 24.2 Å². The number of carbonyl (C=O) groups is 2. The summed E-state index contributed by atoms with van der Waals surface area (Å²) in [5.74, 6) is -0.00775. The van der Waals surface area contributed by atoms with Gasteiger partial charge in [-0.05, 0) is 72.0 Å². The number of pyridine rings is 1. The molecule has 1 aliphatic rings. The average molecular weight is 487 g/mol. The third-order valence-electron chi connectivity index (χ3n) is 6.09. The van der Waals surface area contributed by atoms with Gasteiger partial charge in [0.05, 0.1) is 25.3 Å². The summed E-state index contributed by atoms with van der Waals surface area (Å²) in [5, 5.41) is 11.4. The number of hydrogen-bond donors (Lipinski definition) is 1. The fraction of sp³-hybridized carbons (Fsp3) is 0.276. The Kier molecular flexibility index (Phi) is 7.38. The third-order valence-corrected chi connectivity index (χ3v) is 6.09. The molecule has 7 nitrogen and oxygen atoms in total. The Morgan fingerprint density at radius 1 is 1.06 bits per heavy atom. The molecule has 3 aromatic rings. The summed E-state index contributed by atoms with van der Waals surface area (Å²) in [6, 6.07) is 15.3. The minimum atomic E-state index is -0.790. The maximum absolute atomic E-state index is 13.4. The van der Waals surface area contributed by atoms with Crippen molar-refractivity contribution in [2.75, 3.05) is 13.7 Å². The molecular formula is C29H30N2O5. The summed E-state index contributed by atoms with van der Waals surface area (Å²) in [6.07, 6.45) is 3.28. The van der Waals surface area contributed by atoms with Crippen molar-refractivity contribution in [3.63, 3.8) is 0 Å². The number of nitrogens with zero attached hydrogens (tertiary/aromatic N) is 2. The lowest BCUT2D eigenvalue weighted by atomic mass is 9.93. The molecule has 0 saturated carbocycles. The molecule has 2 heterocycles. The van der Waals surface area contributed by atoms with E-state index < -0.39 is 17.7 Å². The molecule has 1 amide bonds. The van der Waals surface area contributed by atoms with Crippen LogP contribution in [-0.2, 0) is 16.1 Å². The number of aliphatic hydroxyl groups excluding tert-OH is 1. The van der Waals surface area contributed by atoms with Gasteiger partial charge in [-0.1, -0.05) is 26.0 Å². The number of likely N-dealkylation sites (tertiary alicyclic amines) is 1. The van der Waals surface area contributed by atoms with Crippen molar-refractivity contribution in [3.8, 4) is 11.5 Å². The standard InChI is InChI=1S/C29H30N2O5/c1-18(2)17-36-23-7-5-6-21(15-23)26-25(27(32)24-9-8-22(35-4)14-19(24)3)28(33)29(34)31(26)16-20-10-12-30-13-11-20/h5-15,18,26,32H,16-17H2,1-4H3/b27-25+. The topological polar surface area (TPSA) is 89.0 Å². The number of ether oxygens (including phenoxy) is 2. The van der Waals surface area contributed by atoms with Gasteiger partial charge in [-0.25, -0.2) is 0 Å². The van der Waals surface area contributed by atoms with Gasteiger partial charge in [-0.2, -0.15) is 0 Å². The minimum absolute atomic E-state index is 0.0448. The van der Waals surface area contributed by atoms with E-state index in [0.717, 1.165) is 11.1 Å². The van der Waals surface area contributed by atoms with E-state index in [0.29, 0.717) is 35.2 Å². The van der Waals surface area contributed by atoms with Gasteiger partial charge in [0, 0.05) is 24.5 Å². The smallest absolute Gasteiger partial charge is 0.295 e. The largest absolute Gasteiger partial charge is 0.507 e. The van der Waals surface area contributed by atoms with Gasteiger partial charge in [0.15, 0.2) is 0 Å². The van der Waals surface area contributed by atoms with E-state index in [9.17, 15) is 14.7 Å². The third kappa shape index (κ3) is 5.10. The molecule has 1 N–H and O–H groups in total. The number of aromatic nitrogens is 1. The average Bonchev–Trinajstić information content (AvgIpc) is 3.12. The number of methoxy groups -OCH3 is 1. The second kappa shape index (κ2) is 10.6. The number of aryl methyl sites for hydroxylation is 1. The second-order valence-corrected chi connectivity index (χ2v) is 9.24. The Hall–Kier alpha value is -4.13. The number of ketones is 1. The molecule has 186 valence electrons. The second-order valence-electron chi connectivity index (χ2n) is 9.24. The number of carbonyl (C=O) groups excluding carboxylic acids is 2. The van der Waals surface area contributed by atoms with Crippen LogP contribution >= 0.6 is 0 Å². The number of benzene rings is 2. The highest BCUT2D eigenvalue weighted by Crippen LogP contribution is 2.41. The van der Waals surface area contributed by atoms with Crippen LogP contribution in [0.2, 0.25) is 0 Å². The van der Waals surface area contributed by atoms with E-state index in [1.54, 1.807) is 49.8 Å². The molecule has 1 fully saturated rings. The van der Waals surface area contributed by atoms with Gasteiger partial charge >= 0.3 is 0 Å². The molecule has 1 aromatic heterocycles. The molecule has 36 heavy (non-hydrogen) atoms. The molecule has 0 spiro atoms. The molecule has 0 aliphatic carbocycles. The van der Waals surface area contributed by atoms with Gasteiger partial charge in [0.2, 0.25) is 0 Å². The maximum Gasteiger partial charge on any atom is 0.295 e. The highest BCUT2D eigenvalue weighted by Gasteiger charge is 2.46. The molecular weight excluding hydrogens is 456 g/mol. The van der Waals surface area contributed by atoms with E-state index in [1.165, 1.54) is 4.90 Å². The van der Waals surface area contributed by atoms with Gasteiger partial charge < -0.3 is 19.5 Å². The fourth-order valence-corrected chi connectivity index (χ4v) is 4.29. The predicted octanol–water partition coefficient (Wildman–Crippen LogP) is 5.06. The van der Waals surface area contributed by atoms with E-state index in [-0.39, 0.29) is 17.9 Å². The van der Waals surface area contributed by atoms with Crippen LogP contribution < -0.4 is 9.47 Å². The van der Waals surface area contributed by atoms with E-state index >= 15 is 0 Å². The summed E-state index contributed by atoms with van der Waals surface area (Å²) in [7, 11) is 1.56. The van der Waals surface area contributed by atoms with E-state index in [1.807, 2.05) is 31.2 Å². The zero-order valence-corrected chi connectivity index (χ0v) is 20.9. The van der Waals surface area contributed by atoms with Crippen LogP contribution in [0.25, 0.3) is 5.76 Å². The maximum atomic E-state index is 13.4. The lowest BCUT2D eigenvalue weighted by Crippen LogP contribution is -2.29. The Morgan fingerprint density at radius 3 is 2.47 bits per heavy atom.